The molecule has 12 nitrogen and oxygen atoms in total. The summed E-state index contributed by atoms with van der Waals surface area (Å²) >= 11 is 0. The third-order valence-corrected chi connectivity index (χ3v) is 6.51. The first-order valence-corrected chi connectivity index (χ1v) is 12.3. The molecule has 3 rings (SSSR count). The number of nitrogens with one attached hydrogen (secondary N) is 1. The normalized spacial score (nSPS) is 36.8. The Morgan fingerprint density at radius 3 is 2.56 bits per heavy atom. The molecule has 3 aliphatic rings. The highest BCUT2D eigenvalue weighted by Crippen LogP contribution is 2.27. The minimum absolute atomic E-state index is 0.00997. The van der Waals surface area contributed by atoms with Gasteiger partial charge in [-0.2, -0.15) is 0 Å². The standard InChI is InChI=1S/C15H28N4O5.C7H15NO2/c16-4-3-13(19-22)15(21)18-10-5-9(17)6-12(7-10)24-14-2-1-11(8-20)23-14;1-2-5-3-7(9)6(8)4-10-5/h9-14,20H,1-8,16-17H2,(H,18,21);5-7,9H,2-4,8H2,1H3/t;5-,6-,7?/m.0/s1. The van der Waals surface area contributed by atoms with E-state index >= 15 is 0 Å². The van der Waals surface area contributed by atoms with Crippen molar-refractivity contribution in [1.29, 1.82) is 0 Å². The van der Waals surface area contributed by atoms with Crippen LogP contribution in [0.3, 0.4) is 0 Å². The van der Waals surface area contributed by atoms with Crippen molar-refractivity contribution in [1.82, 2.24) is 5.32 Å². The van der Waals surface area contributed by atoms with Gasteiger partial charge in [0.2, 0.25) is 5.91 Å². The van der Waals surface area contributed by atoms with Crippen LogP contribution in [0.1, 0.15) is 58.3 Å². The Hall–Kier alpha value is -1.25. The molecule has 0 aromatic carbocycles. The van der Waals surface area contributed by atoms with E-state index in [4.69, 9.17) is 36.5 Å². The van der Waals surface area contributed by atoms with Crippen LogP contribution in [0, 0.1) is 4.91 Å². The number of aliphatic hydroxyl groups is 2. The molecule has 0 bridgehead atoms. The van der Waals surface area contributed by atoms with Crippen LogP contribution in [0.25, 0.3) is 0 Å². The Bertz CT molecular complexity index is 616. The van der Waals surface area contributed by atoms with Crippen molar-refractivity contribution in [2.75, 3.05) is 19.8 Å². The number of nitrogens with zero attached hydrogens (tertiary/aromatic N) is 1. The van der Waals surface area contributed by atoms with E-state index in [1.807, 2.05) is 6.92 Å². The Balaban J connectivity index is 0.000000340. The van der Waals surface area contributed by atoms with Crippen molar-refractivity contribution in [2.45, 2.75) is 113 Å². The van der Waals surface area contributed by atoms with E-state index in [-0.39, 0.29) is 68.4 Å². The van der Waals surface area contributed by atoms with E-state index in [9.17, 15) is 14.8 Å². The first kappa shape index (κ1) is 29.0. The molecule has 198 valence electrons. The van der Waals surface area contributed by atoms with E-state index < -0.39 is 11.9 Å². The lowest BCUT2D eigenvalue weighted by molar-refractivity contribution is -0.175. The van der Waals surface area contributed by atoms with E-state index in [1.165, 1.54) is 0 Å². The van der Waals surface area contributed by atoms with Crippen LogP contribution in [-0.2, 0) is 19.0 Å². The largest absolute Gasteiger partial charge is 0.394 e. The average Bonchev–Trinajstić information content (AvgIpc) is 3.26. The number of nitroso groups, excluding NO2 is 1. The van der Waals surface area contributed by atoms with Crippen molar-refractivity contribution >= 4 is 5.91 Å². The Morgan fingerprint density at radius 2 is 1.97 bits per heavy atom. The van der Waals surface area contributed by atoms with Gasteiger partial charge in [-0.15, -0.1) is 4.91 Å². The van der Waals surface area contributed by atoms with Crippen LogP contribution < -0.4 is 22.5 Å². The Morgan fingerprint density at radius 1 is 1.21 bits per heavy atom. The van der Waals surface area contributed by atoms with Gasteiger partial charge >= 0.3 is 0 Å². The van der Waals surface area contributed by atoms with Crippen LogP contribution in [0.5, 0.6) is 0 Å². The van der Waals surface area contributed by atoms with Gasteiger partial charge in [0.05, 0.1) is 43.7 Å². The zero-order valence-corrected chi connectivity index (χ0v) is 20.1. The molecule has 3 fully saturated rings. The van der Waals surface area contributed by atoms with Crippen molar-refractivity contribution in [3.05, 3.63) is 4.91 Å². The summed E-state index contributed by atoms with van der Waals surface area (Å²) in [6.45, 7) is 2.77. The van der Waals surface area contributed by atoms with Crippen LogP contribution in [-0.4, -0.2) is 90.8 Å². The van der Waals surface area contributed by atoms with E-state index in [0.717, 1.165) is 19.3 Å². The highest BCUT2D eigenvalue weighted by atomic mass is 16.7. The molecule has 34 heavy (non-hydrogen) atoms. The molecule has 2 heterocycles. The first-order valence-electron chi connectivity index (χ1n) is 12.3. The number of amides is 1. The second-order valence-corrected chi connectivity index (χ2v) is 9.41. The van der Waals surface area contributed by atoms with Gasteiger partial charge in [0.1, 0.15) is 0 Å². The van der Waals surface area contributed by atoms with Crippen LogP contribution in [0.15, 0.2) is 5.18 Å². The minimum Gasteiger partial charge on any atom is -0.394 e. The highest BCUT2D eigenvalue weighted by molar-refractivity contribution is 5.82. The maximum Gasteiger partial charge on any atom is 0.248 e. The topological polar surface area (TPSA) is 205 Å². The lowest BCUT2D eigenvalue weighted by Crippen LogP contribution is -2.50. The molecule has 7 unspecified atom stereocenters. The zero-order chi connectivity index (χ0) is 25.1. The predicted molar refractivity (Wildman–Crippen MR) is 125 cm³/mol. The minimum atomic E-state index is -0.962. The van der Waals surface area contributed by atoms with Crippen LogP contribution in [0.4, 0.5) is 0 Å². The lowest BCUT2D eigenvalue weighted by atomic mass is 9.89. The molecule has 1 amide bonds. The molecule has 1 saturated carbocycles. The molecule has 0 spiro atoms. The zero-order valence-electron chi connectivity index (χ0n) is 20.1. The molecule has 0 aromatic rings. The fourth-order valence-corrected chi connectivity index (χ4v) is 4.50. The number of nitrogens with two attached hydrogens (primary N) is 3. The summed E-state index contributed by atoms with van der Waals surface area (Å²) in [7, 11) is 0. The molecule has 0 aromatic heterocycles. The van der Waals surface area contributed by atoms with Gasteiger partial charge in [0, 0.05) is 24.9 Å². The number of ether oxygens (including phenoxy) is 3. The molecule has 2 aliphatic heterocycles. The number of hydrogen-bond acceptors (Lipinski definition) is 11. The summed E-state index contributed by atoms with van der Waals surface area (Å²) in [6.07, 6.45) is 4.54. The number of hydrogen-bond donors (Lipinski definition) is 6. The van der Waals surface area contributed by atoms with Gasteiger partial charge in [-0.1, -0.05) is 12.1 Å². The molecule has 9 N–H and O–H groups in total. The third kappa shape index (κ3) is 9.42. The van der Waals surface area contributed by atoms with Crippen molar-refractivity contribution in [3.63, 3.8) is 0 Å². The van der Waals surface area contributed by atoms with Gasteiger partial charge in [0.25, 0.3) is 0 Å². The summed E-state index contributed by atoms with van der Waals surface area (Å²) in [6, 6.07) is -1.40. The summed E-state index contributed by atoms with van der Waals surface area (Å²) in [4.78, 5) is 22.8. The molecule has 0 radical (unpaired) electrons. The molecular weight excluding hydrogens is 446 g/mol. The maximum atomic E-state index is 12.1. The van der Waals surface area contributed by atoms with Crippen molar-refractivity contribution < 1.29 is 29.2 Å². The number of carbonyl (C=O) groups is 1. The number of carbonyl (C=O) groups excluding carboxylic acids is 1. The third-order valence-electron chi connectivity index (χ3n) is 6.51. The van der Waals surface area contributed by atoms with E-state index in [1.54, 1.807) is 0 Å². The molecule has 1 aliphatic carbocycles. The van der Waals surface area contributed by atoms with E-state index in [2.05, 4.69) is 10.5 Å². The van der Waals surface area contributed by atoms with Gasteiger partial charge in [-0.3, -0.25) is 4.79 Å². The van der Waals surface area contributed by atoms with Crippen LogP contribution >= 0.6 is 0 Å². The monoisotopic (exact) mass is 489 g/mol. The highest BCUT2D eigenvalue weighted by Gasteiger charge is 2.34. The maximum absolute atomic E-state index is 12.1. The van der Waals surface area contributed by atoms with Crippen molar-refractivity contribution in [2.24, 2.45) is 22.4 Å². The predicted octanol–water partition coefficient (Wildman–Crippen LogP) is -0.778. The second-order valence-electron chi connectivity index (χ2n) is 9.41. The molecule has 9 atom stereocenters. The fraction of sp³-hybridized carbons (Fsp3) is 0.955. The van der Waals surface area contributed by atoms with Gasteiger partial charge in [-0.25, -0.2) is 0 Å². The molecule has 12 heteroatoms. The lowest BCUT2D eigenvalue weighted by Gasteiger charge is -2.35. The fourth-order valence-electron chi connectivity index (χ4n) is 4.50. The summed E-state index contributed by atoms with van der Waals surface area (Å²) < 4.78 is 16.8. The van der Waals surface area contributed by atoms with Gasteiger partial charge in [0.15, 0.2) is 12.3 Å². The summed E-state index contributed by atoms with van der Waals surface area (Å²) in [5.41, 5.74) is 17.0. The first-order chi connectivity index (χ1) is 16.3. The molecule has 2 saturated heterocycles. The van der Waals surface area contributed by atoms with Crippen molar-refractivity contribution in [3.8, 4) is 0 Å². The van der Waals surface area contributed by atoms with E-state index in [0.29, 0.717) is 32.3 Å². The SMILES string of the molecule is CC[C@H]1CC(O)[C@@H](N)CO1.NCCC(N=O)C(=O)NC1CC(N)CC(OC2CCC(CO)O2)C1. The molecular formula is C22H43N5O7. The Kier molecular flexibility index (Phi) is 12.8. The average molecular weight is 490 g/mol. The smallest absolute Gasteiger partial charge is 0.248 e. The summed E-state index contributed by atoms with van der Waals surface area (Å²) in [5, 5.41) is 24.0. The quantitative estimate of drug-likeness (QED) is 0.223. The second kappa shape index (κ2) is 15.0. The Labute approximate surface area is 201 Å². The summed E-state index contributed by atoms with van der Waals surface area (Å²) in [5.74, 6) is -0.411. The van der Waals surface area contributed by atoms with Crippen LogP contribution in [0.2, 0.25) is 0 Å². The van der Waals surface area contributed by atoms with Gasteiger partial charge in [-0.05, 0) is 45.1 Å². The number of rotatable bonds is 9. The van der Waals surface area contributed by atoms with Gasteiger partial charge < -0.3 is 46.9 Å². The number of aliphatic hydroxyl groups excluding tert-OH is 2.